The minimum absolute atomic E-state index is 0.0676. The minimum atomic E-state index is -1.08. The molecule has 0 saturated heterocycles. The van der Waals surface area contributed by atoms with Crippen LogP contribution in [0.15, 0.2) is 170 Å². The van der Waals surface area contributed by atoms with Crippen molar-refractivity contribution in [2.45, 2.75) is 78.0 Å². The van der Waals surface area contributed by atoms with Crippen molar-refractivity contribution in [2.24, 2.45) is 0 Å². The highest BCUT2D eigenvalue weighted by atomic mass is 16.5. The second-order valence-electron chi connectivity index (χ2n) is 20.2. The van der Waals surface area contributed by atoms with Gasteiger partial charge in [-0.15, -0.1) is 9.13 Å². The Morgan fingerprint density at radius 2 is 1.19 bits per heavy atom. The molecule has 3 aliphatic heterocycles. The molecule has 12 rings (SSSR count). The van der Waals surface area contributed by atoms with E-state index in [1.165, 1.54) is 38.9 Å². The first-order chi connectivity index (χ1) is 31.1. The summed E-state index contributed by atoms with van der Waals surface area (Å²) in [6.45, 7) is 17.8. The van der Waals surface area contributed by atoms with Crippen molar-refractivity contribution in [2.75, 3.05) is 0 Å². The molecule has 9 aromatic rings. The first kappa shape index (κ1) is 37.5. The summed E-state index contributed by atoms with van der Waals surface area (Å²) in [5, 5.41) is 0. The number of fused-ring (bicyclic) bond motifs is 5. The second kappa shape index (κ2) is 13.5. The summed E-state index contributed by atoms with van der Waals surface area (Å²) in [6, 6.07) is 59.9. The van der Waals surface area contributed by atoms with Crippen LogP contribution in [-0.4, -0.2) is 4.57 Å². The zero-order valence-electron chi connectivity index (χ0n) is 38.9. The maximum atomic E-state index is 9.54. The van der Waals surface area contributed by atoms with Crippen molar-refractivity contribution < 1.29 is 15.2 Å². The van der Waals surface area contributed by atoms with Gasteiger partial charge in [-0.2, -0.15) is 4.57 Å². The summed E-state index contributed by atoms with van der Waals surface area (Å²) < 4.78 is 24.7. The molecule has 0 N–H and O–H groups in total. The van der Waals surface area contributed by atoms with Crippen molar-refractivity contribution in [3.05, 3.63) is 192 Å². The standard InChI is InChI=1S/C60H53N3O/c1-37(2)46-35-48(40-20-13-10-14-21-40)53(36-47(46)39-18-11-9-12-19-39)62-51-24-17-23-44-49-33-43(59(6,7)8)34-50-52-32-41(38-26-28-42(29-27-38)58(3,4)5)30-31-61(52)60(55(49)50)63(56(44)51)57(62)45-22-15-16-25-54(45)64-60/h9-37H,1-8H3/q+2/i37D. The number of pyridine rings is 1. The summed E-state index contributed by atoms with van der Waals surface area (Å²) >= 11 is 0. The fourth-order valence-electron chi connectivity index (χ4n) is 10.7. The van der Waals surface area contributed by atoms with E-state index in [1.54, 1.807) is 0 Å². The van der Waals surface area contributed by atoms with E-state index in [0.717, 1.165) is 72.9 Å². The zero-order chi connectivity index (χ0) is 44.8. The van der Waals surface area contributed by atoms with Crippen LogP contribution in [0.1, 0.15) is 84.9 Å². The summed E-state index contributed by atoms with van der Waals surface area (Å²) in [5.74, 6) is -0.0824. The van der Waals surface area contributed by atoms with E-state index in [4.69, 9.17) is 4.74 Å². The third-order valence-electron chi connectivity index (χ3n) is 13.9. The molecule has 1 spiro atoms. The molecule has 3 aliphatic rings. The molecule has 4 nitrogen and oxygen atoms in total. The van der Waals surface area contributed by atoms with Crippen molar-refractivity contribution >= 4 is 11.0 Å². The molecule has 2 aromatic heterocycles. The topological polar surface area (TPSA) is 21.9 Å². The molecule has 1 unspecified atom stereocenters. The van der Waals surface area contributed by atoms with Crippen LogP contribution in [-0.2, 0) is 16.7 Å². The Morgan fingerprint density at radius 3 is 1.88 bits per heavy atom. The van der Waals surface area contributed by atoms with Gasteiger partial charge < -0.3 is 4.74 Å². The monoisotopic (exact) mass is 832 g/mol. The quantitative estimate of drug-likeness (QED) is 0.158. The van der Waals surface area contributed by atoms with Crippen LogP contribution in [0, 0.1) is 0 Å². The number of hydrogen-bond donors (Lipinski definition) is 0. The van der Waals surface area contributed by atoms with Crippen LogP contribution >= 0.6 is 0 Å². The molecular formula is C60H53N3O+2. The molecule has 64 heavy (non-hydrogen) atoms. The molecule has 312 valence electrons. The largest absolute Gasteiger partial charge is 0.499 e. The molecule has 1 atom stereocenters. The van der Waals surface area contributed by atoms with Gasteiger partial charge in [0, 0.05) is 30.2 Å². The van der Waals surface area contributed by atoms with Crippen LogP contribution in [0.4, 0.5) is 0 Å². The van der Waals surface area contributed by atoms with Crippen LogP contribution in [0.5, 0.6) is 5.75 Å². The van der Waals surface area contributed by atoms with E-state index in [2.05, 4.69) is 225 Å². The molecule has 0 radical (unpaired) electrons. The highest BCUT2D eigenvalue weighted by molar-refractivity contribution is 5.99. The summed E-state index contributed by atoms with van der Waals surface area (Å²) in [7, 11) is 0. The van der Waals surface area contributed by atoms with Gasteiger partial charge in [-0.1, -0.05) is 159 Å². The molecule has 0 amide bonds. The lowest BCUT2D eigenvalue weighted by Gasteiger charge is -2.33. The number of rotatable bonds is 5. The fraction of sp³-hybridized carbons (Fsp3) is 0.200. The maximum absolute atomic E-state index is 9.54. The Hall–Kier alpha value is -7.04. The van der Waals surface area contributed by atoms with E-state index < -0.39 is 11.7 Å². The number of aromatic nitrogens is 3. The smallest absolute Gasteiger partial charge is 0.392 e. The Kier molecular flexibility index (Phi) is 7.90. The van der Waals surface area contributed by atoms with Gasteiger partial charge >= 0.3 is 11.7 Å². The predicted molar refractivity (Wildman–Crippen MR) is 261 cm³/mol. The molecule has 0 saturated carbocycles. The number of ether oxygens (including phenoxy) is 1. The third-order valence-corrected chi connectivity index (χ3v) is 13.9. The molecule has 7 aromatic carbocycles. The normalized spacial score (nSPS) is 15.9. The predicted octanol–water partition coefficient (Wildman–Crippen LogP) is 14.2. The lowest BCUT2D eigenvalue weighted by molar-refractivity contribution is -0.997. The van der Waals surface area contributed by atoms with Crippen LogP contribution in [0.3, 0.4) is 0 Å². The summed E-state index contributed by atoms with van der Waals surface area (Å²) in [4.78, 5) is 0. The molecular weight excluding hydrogens is 779 g/mol. The Balaban J connectivity index is 1.23. The Morgan fingerprint density at radius 1 is 0.547 bits per heavy atom. The second-order valence-corrected chi connectivity index (χ2v) is 20.2. The van der Waals surface area contributed by atoms with Gasteiger partial charge in [0.1, 0.15) is 22.6 Å². The van der Waals surface area contributed by atoms with Gasteiger partial charge in [0.15, 0.2) is 17.2 Å². The first-order valence-corrected chi connectivity index (χ1v) is 22.7. The van der Waals surface area contributed by atoms with Crippen molar-refractivity contribution in [1.29, 1.82) is 0 Å². The van der Waals surface area contributed by atoms with Gasteiger partial charge in [-0.3, -0.25) is 0 Å². The van der Waals surface area contributed by atoms with Crippen LogP contribution in [0.25, 0.3) is 83.9 Å². The molecule has 0 fully saturated rings. The molecule has 5 heterocycles. The average molecular weight is 833 g/mol. The fourth-order valence-corrected chi connectivity index (χ4v) is 10.7. The highest BCUT2D eigenvalue weighted by Crippen LogP contribution is 2.55. The van der Waals surface area contributed by atoms with Gasteiger partial charge in [0.05, 0.1) is 5.56 Å². The van der Waals surface area contributed by atoms with E-state index in [-0.39, 0.29) is 10.8 Å². The van der Waals surface area contributed by atoms with Crippen molar-refractivity contribution in [1.82, 2.24) is 4.57 Å². The lowest BCUT2D eigenvalue weighted by Crippen LogP contribution is -2.78. The Labute approximate surface area is 378 Å². The number of imidazole rings is 1. The highest BCUT2D eigenvalue weighted by Gasteiger charge is 2.68. The van der Waals surface area contributed by atoms with Gasteiger partial charge in [0.2, 0.25) is 5.69 Å². The summed E-state index contributed by atoms with van der Waals surface area (Å²) in [5.41, 5.74) is 20.3. The molecule has 0 bridgehead atoms. The van der Waals surface area contributed by atoms with E-state index >= 15 is 0 Å². The van der Waals surface area contributed by atoms with Gasteiger partial charge in [0.25, 0.3) is 0 Å². The number of benzene rings is 7. The van der Waals surface area contributed by atoms with E-state index in [1.807, 2.05) is 13.8 Å². The summed E-state index contributed by atoms with van der Waals surface area (Å²) in [6.07, 6.45) is 2.26. The van der Waals surface area contributed by atoms with Crippen LogP contribution < -0.4 is 13.9 Å². The van der Waals surface area contributed by atoms with Gasteiger partial charge in [-0.25, -0.2) is 0 Å². The first-order valence-electron chi connectivity index (χ1n) is 23.2. The SMILES string of the molecule is [2H]C(C)(C)c1cc(-c2ccccc2)c(-n2c3[n+]4c5c(cccc52)-c2cc(C(C)(C)C)cc5c2C4(Oc2ccccc2-3)[n+]2ccc(-c3ccc(C(C)(C)C)cc3)cc2-5)cc1-c1ccccc1. The minimum Gasteiger partial charge on any atom is -0.392 e. The van der Waals surface area contributed by atoms with E-state index in [0.29, 0.717) is 0 Å². The maximum Gasteiger partial charge on any atom is 0.499 e. The van der Waals surface area contributed by atoms with Gasteiger partial charge in [-0.05, 0) is 110 Å². The van der Waals surface area contributed by atoms with E-state index in [9.17, 15) is 1.37 Å². The average Bonchev–Trinajstić information content (AvgIpc) is 3.79. The number of hydrogen-bond acceptors (Lipinski definition) is 1. The molecule has 4 heteroatoms. The number of para-hydroxylation sites is 2. The van der Waals surface area contributed by atoms with Crippen molar-refractivity contribution in [3.63, 3.8) is 0 Å². The van der Waals surface area contributed by atoms with Crippen LogP contribution in [0.2, 0.25) is 0 Å². The number of nitrogens with zero attached hydrogens (tertiary/aromatic N) is 3. The lowest BCUT2D eigenvalue weighted by atomic mass is 9.80. The Bertz CT molecular complexity index is 3440. The zero-order valence-corrected chi connectivity index (χ0v) is 37.9. The molecule has 0 aliphatic carbocycles. The third kappa shape index (κ3) is 5.41. The van der Waals surface area contributed by atoms with Crippen molar-refractivity contribution in [3.8, 4) is 78.6 Å².